The average Bonchev–Trinajstić information content (AvgIpc) is 2.15. The van der Waals surface area contributed by atoms with Crippen molar-refractivity contribution < 1.29 is 14.4 Å². The molecule has 68 valence electrons. The van der Waals surface area contributed by atoms with Crippen LogP contribution in [0.2, 0.25) is 0 Å². The monoisotopic (exact) mass is 171 g/mol. The van der Waals surface area contributed by atoms with E-state index in [0.717, 1.165) is 6.42 Å². The van der Waals surface area contributed by atoms with E-state index < -0.39 is 5.97 Å². The van der Waals surface area contributed by atoms with E-state index in [1.54, 1.807) is 0 Å². The zero-order valence-electron chi connectivity index (χ0n) is 7.59. The molecule has 1 amide bonds. The van der Waals surface area contributed by atoms with Gasteiger partial charge in [-0.15, -0.1) is 0 Å². The minimum absolute atomic E-state index is 0.116. The summed E-state index contributed by atoms with van der Waals surface area (Å²) in [5.41, 5.74) is -0.344. The van der Waals surface area contributed by atoms with Crippen molar-refractivity contribution in [2.24, 2.45) is 0 Å². The number of carbonyl (C=O) groups excluding carboxylic acids is 2. The molecule has 0 aromatic carbocycles. The lowest BCUT2D eigenvalue weighted by Gasteiger charge is -2.28. The van der Waals surface area contributed by atoms with Gasteiger partial charge >= 0.3 is 5.97 Å². The van der Waals surface area contributed by atoms with E-state index in [1.165, 1.54) is 12.0 Å². The first-order valence-corrected chi connectivity index (χ1v) is 3.95. The lowest BCUT2D eigenvalue weighted by Crippen LogP contribution is -2.41. The van der Waals surface area contributed by atoms with E-state index in [4.69, 9.17) is 4.84 Å². The molecule has 4 nitrogen and oxygen atoms in total. The van der Waals surface area contributed by atoms with Crippen LogP contribution in [0.3, 0.4) is 0 Å². The molecule has 1 saturated heterocycles. The van der Waals surface area contributed by atoms with Gasteiger partial charge in [0.1, 0.15) is 0 Å². The molecule has 1 rings (SSSR count). The lowest BCUT2D eigenvalue weighted by atomic mass is 10.0. The molecule has 0 spiro atoms. The maximum atomic E-state index is 11.2. The Balaban J connectivity index is 2.71. The third-order valence-electron chi connectivity index (χ3n) is 1.95. The van der Waals surface area contributed by atoms with Crippen molar-refractivity contribution in [3.05, 3.63) is 0 Å². The number of carbonyl (C=O) groups is 2. The Morgan fingerprint density at radius 3 is 2.50 bits per heavy atom. The molecule has 0 radical (unpaired) electrons. The van der Waals surface area contributed by atoms with Crippen molar-refractivity contribution in [1.29, 1.82) is 0 Å². The highest BCUT2D eigenvalue weighted by Gasteiger charge is 2.40. The zero-order chi connectivity index (χ0) is 9.35. The van der Waals surface area contributed by atoms with Crippen LogP contribution >= 0.6 is 0 Å². The van der Waals surface area contributed by atoms with Gasteiger partial charge in [0.15, 0.2) is 0 Å². The molecule has 12 heavy (non-hydrogen) atoms. The highest BCUT2D eigenvalue weighted by Crippen LogP contribution is 2.29. The van der Waals surface area contributed by atoms with Gasteiger partial charge in [0.05, 0.1) is 5.54 Å². The standard InChI is InChI=1S/C8H13NO3/c1-6(10)12-9-7(11)4-5-8(9,2)3/h4-5H2,1-3H3. The predicted molar refractivity (Wildman–Crippen MR) is 41.9 cm³/mol. The van der Waals surface area contributed by atoms with Crippen LogP contribution in [-0.4, -0.2) is 22.5 Å². The number of amides is 1. The molecule has 0 aromatic heterocycles. The van der Waals surface area contributed by atoms with Crippen LogP contribution in [0.25, 0.3) is 0 Å². The first kappa shape index (κ1) is 9.03. The average molecular weight is 171 g/mol. The van der Waals surface area contributed by atoms with Crippen LogP contribution in [0.4, 0.5) is 0 Å². The molecule has 1 fully saturated rings. The number of rotatable bonds is 1. The van der Waals surface area contributed by atoms with E-state index in [9.17, 15) is 9.59 Å². The van der Waals surface area contributed by atoms with Gasteiger partial charge in [-0.25, -0.2) is 0 Å². The molecule has 0 aromatic rings. The van der Waals surface area contributed by atoms with Crippen LogP contribution in [0, 0.1) is 0 Å². The molecule has 0 bridgehead atoms. The van der Waals surface area contributed by atoms with E-state index in [-0.39, 0.29) is 11.4 Å². The minimum Gasteiger partial charge on any atom is -0.338 e. The molecule has 0 aliphatic carbocycles. The van der Waals surface area contributed by atoms with Gasteiger partial charge < -0.3 is 4.84 Å². The number of nitrogens with zero attached hydrogens (tertiary/aromatic N) is 1. The highest BCUT2D eigenvalue weighted by atomic mass is 16.7. The molecule has 1 aliphatic rings. The molecule has 1 heterocycles. The van der Waals surface area contributed by atoms with Gasteiger partial charge in [-0.3, -0.25) is 9.59 Å². The summed E-state index contributed by atoms with van der Waals surface area (Å²) in [6, 6.07) is 0. The van der Waals surface area contributed by atoms with Crippen LogP contribution in [0.1, 0.15) is 33.6 Å². The van der Waals surface area contributed by atoms with Crippen molar-refractivity contribution in [1.82, 2.24) is 5.06 Å². The van der Waals surface area contributed by atoms with E-state index >= 15 is 0 Å². The Kier molecular flexibility index (Phi) is 2.08. The lowest BCUT2D eigenvalue weighted by molar-refractivity contribution is -0.208. The molecule has 0 unspecified atom stereocenters. The maximum Gasteiger partial charge on any atom is 0.329 e. The van der Waals surface area contributed by atoms with Gasteiger partial charge in [0, 0.05) is 13.3 Å². The molecule has 0 saturated carbocycles. The fourth-order valence-corrected chi connectivity index (χ4v) is 1.26. The molecule has 1 aliphatic heterocycles. The minimum atomic E-state index is -0.446. The SMILES string of the molecule is CC(=O)ON1C(=O)CCC1(C)C. The quantitative estimate of drug-likeness (QED) is 0.588. The largest absolute Gasteiger partial charge is 0.338 e. The third-order valence-corrected chi connectivity index (χ3v) is 1.95. The van der Waals surface area contributed by atoms with E-state index in [1.807, 2.05) is 13.8 Å². The Bertz CT molecular complexity index is 222. The third kappa shape index (κ3) is 1.57. The van der Waals surface area contributed by atoms with Crippen LogP contribution < -0.4 is 0 Å². The molecule has 0 atom stereocenters. The summed E-state index contributed by atoms with van der Waals surface area (Å²) in [5, 5.41) is 1.18. The topological polar surface area (TPSA) is 46.6 Å². The zero-order valence-corrected chi connectivity index (χ0v) is 7.59. The number of hydrogen-bond donors (Lipinski definition) is 0. The molecular weight excluding hydrogens is 158 g/mol. The smallest absolute Gasteiger partial charge is 0.329 e. The Morgan fingerprint density at radius 1 is 1.58 bits per heavy atom. The first-order valence-electron chi connectivity index (χ1n) is 3.95. The number of hydrogen-bond acceptors (Lipinski definition) is 3. The van der Waals surface area contributed by atoms with Gasteiger partial charge in [0.2, 0.25) is 0 Å². The normalized spacial score (nSPS) is 21.2. The van der Waals surface area contributed by atoms with Crippen LogP contribution in [-0.2, 0) is 14.4 Å². The fourth-order valence-electron chi connectivity index (χ4n) is 1.26. The highest BCUT2D eigenvalue weighted by molar-refractivity contribution is 5.80. The first-order chi connectivity index (χ1) is 5.43. The molecular formula is C8H13NO3. The fraction of sp³-hybridized carbons (Fsp3) is 0.750. The second kappa shape index (κ2) is 2.77. The van der Waals surface area contributed by atoms with Gasteiger partial charge in [-0.05, 0) is 20.3 Å². The molecule has 0 N–H and O–H groups in total. The van der Waals surface area contributed by atoms with Crippen molar-refractivity contribution in [2.45, 2.75) is 39.2 Å². The van der Waals surface area contributed by atoms with Crippen LogP contribution in [0.5, 0.6) is 0 Å². The second-order valence-electron chi connectivity index (χ2n) is 3.58. The van der Waals surface area contributed by atoms with Crippen molar-refractivity contribution >= 4 is 11.9 Å². The van der Waals surface area contributed by atoms with Crippen molar-refractivity contribution in [3.63, 3.8) is 0 Å². The summed E-state index contributed by atoms with van der Waals surface area (Å²) in [7, 11) is 0. The second-order valence-corrected chi connectivity index (χ2v) is 3.58. The Morgan fingerprint density at radius 2 is 2.17 bits per heavy atom. The van der Waals surface area contributed by atoms with Crippen molar-refractivity contribution in [2.75, 3.05) is 0 Å². The van der Waals surface area contributed by atoms with Gasteiger partial charge in [-0.1, -0.05) is 0 Å². The Hall–Kier alpha value is -1.06. The molecule has 4 heteroatoms. The Labute approximate surface area is 71.4 Å². The summed E-state index contributed by atoms with van der Waals surface area (Å²) in [5.74, 6) is -0.562. The summed E-state index contributed by atoms with van der Waals surface area (Å²) in [4.78, 5) is 26.6. The maximum absolute atomic E-state index is 11.2. The van der Waals surface area contributed by atoms with E-state index in [2.05, 4.69) is 0 Å². The van der Waals surface area contributed by atoms with Crippen LogP contribution in [0.15, 0.2) is 0 Å². The van der Waals surface area contributed by atoms with E-state index in [0.29, 0.717) is 6.42 Å². The van der Waals surface area contributed by atoms with Gasteiger partial charge in [0.25, 0.3) is 5.91 Å². The van der Waals surface area contributed by atoms with Gasteiger partial charge in [-0.2, -0.15) is 5.06 Å². The summed E-state index contributed by atoms with van der Waals surface area (Å²) < 4.78 is 0. The summed E-state index contributed by atoms with van der Waals surface area (Å²) in [6.45, 7) is 5.04. The summed E-state index contributed by atoms with van der Waals surface area (Å²) in [6.07, 6.45) is 1.19. The summed E-state index contributed by atoms with van der Waals surface area (Å²) >= 11 is 0. The number of hydroxylamine groups is 2. The van der Waals surface area contributed by atoms with Crippen molar-refractivity contribution in [3.8, 4) is 0 Å². The predicted octanol–water partition coefficient (Wildman–Crippen LogP) is 0.865.